The van der Waals surface area contributed by atoms with Crippen LogP contribution in [-0.4, -0.2) is 148 Å². The molecule has 3 aromatic rings. The number of aromatic nitrogens is 4. The number of imide groups is 1. The zero-order valence-electron chi connectivity index (χ0n) is 33.1. The Hall–Kier alpha value is -7.55. The topological polar surface area (TPSA) is 418 Å². The number of thioether (sulfide) groups is 1. The van der Waals surface area contributed by atoms with E-state index in [2.05, 4.69) is 46.5 Å². The molecule has 4 rings (SSSR count). The fraction of sp³-hybridized carbons (Fsp3) is 0.389. The number of aliphatic carboxylic acids is 3. The predicted octanol–water partition coefficient (Wildman–Crippen LogP) is -3.71. The van der Waals surface area contributed by atoms with Crippen LogP contribution in [0.1, 0.15) is 48.7 Å². The maximum atomic E-state index is 13.1. The first kappa shape index (κ1) is 48.1. The standard InChI is InChI=1S/C36H42N12O14S/c1-15(49)13-48-25(51)9-23(33(48)58)63-14-22(35(61)62)45-30(55)20(8-26(52)53)44-31(56)21(10-37)42-24(50)7-6-19(34(59)60)43-29(54)16-2-4-17(5-3-16)39-11-18-12-40-28-27(41-18)32(57)47-36(38)46-28/h2-5,12,19-23,39H,6-11,13-14,37H2,1H3,(H,42,50)(H,43,54)(H,44,56)(H,45,55)(H,52,53)(H,59,60)(H,61,62)(H3,38,40,46,47,57)/t19-,20-,21-,22-,23?/m0/s1. The Balaban J connectivity index is 1.28. The highest BCUT2D eigenvalue weighted by atomic mass is 32.2. The lowest BCUT2D eigenvalue weighted by Gasteiger charge is -2.23. The molecule has 0 saturated carbocycles. The number of ketones is 1. The van der Waals surface area contributed by atoms with Crippen LogP contribution < -0.4 is 43.6 Å². The van der Waals surface area contributed by atoms with Gasteiger partial charge < -0.3 is 53.4 Å². The van der Waals surface area contributed by atoms with Gasteiger partial charge in [0, 0.05) is 36.4 Å². The van der Waals surface area contributed by atoms with Gasteiger partial charge in [0.15, 0.2) is 11.2 Å². The molecule has 0 radical (unpaired) electrons. The van der Waals surface area contributed by atoms with Gasteiger partial charge in [0.05, 0.1) is 36.7 Å². The van der Waals surface area contributed by atoms with Gasteiger partial charge >= 0.3 is 17.9 Å². The van der Waals surface area contributed by atoms with E-state index in [-0.39, 0.29) is 35.6 Å². The number of carbonyl (C=O) groups excluding carboxylic acids is 7. The van der Waals surface area contributed by atoms with Crippen molar-refractivity contribution in [3.8, 4) is 0 Å². The SMILES string of the molecule is CC(=O)CN1C(=O)CC(SC[C@H](NC(=O)[C@H](CC(=O)O)NC(=O)[C@H](CN)NC(=O)CC[C@H](NC(=O)c2ccc(NCc3cnc4nc(N)[nH]c(=O)c4n3)cc2)C(=O)O)C(=O)O)C1=O. The van der Waals surface area contributed by atoms with Crippen molar-refractivity contribution in [3.63, 3.8) is 0 Å². The fourth-order valence-electron chi connectivity index (χ4n) is 5.75. The van der Waals surface area contributed by atoms with Crippen molar-refractivity contribution in [2.45, 2.75) is 68.6 Å². The van der Waals surface area contributed by atoms with Crippen molar-refractivity contribution in [3.05, 3.63) is 52.1 Å². The number of nitrogen functional groups attached to an aromatic ring is 1. The smallest absolute Gasteiger partial charge is 0.327 e. The van der Waals surface area contributed by atoms with Gasteiger partial charge in [-0.2, -0.15) is 4.98 Å². The summed E-state index contributed by atoms with van der Waals surface area (Å²) in [5.41, 5.74) is 11.6. The van der Waals surface area contributed by atoms with Crippen LogP contribution >= 0.6 is 11.8 Å². The summed E-state index contributed by atoms with van der Waals surface area (Å²) in [5.74, 6) is -11.2. The number of nitrogens with one attached hydrogen (secondary N) is 6. The summed E-state index contributed by atoms with van der Waals surface area (Å²) in [4.78, 5) is 151. The molecule has 2 aromatic heterocycles. The number of carboxylic acid groups (broad SMARTS) is 3. The Morgan fingerprint density at radius 1 is 0.889 bits per heavy atom. The average molecular weight is 899 g/mol. The van der Waals surface area contributed by atoms with Crippen LogP contribution in [0.3, 0.4) is 0 Å². The van der Waals surface area contributed by atoms with E-state index in [0.29, 0.717) is 23.1 Å². The number of carboxylic acids is 3. The Bertz CT molecular complexity index is 2360. The van der Waals surface area contributed by atoms with Gasteiger partial charge in [0.25, 0.3) is 11.5 Å². The van der Waals surface area contributed by atoms with Crippen LogP contribution in [0.15, 0.2) is 35.3 Å². The van der Waals surface area contributed by atoms with Gasteiger partial charge in [-0.05, 0) is 37.6 Å². The predicted molar refractivity (Wildman–Crippen MR) is 217 cm³/mol. The lowest BCUT2D eigenvalue weighted by Crippen LogP contribution is -2.58. The number of amides is 6. The fourth-order valence-corrected chi connectivity index (χ4v) is 6.93. The van der Waals surface area contributed by atoms with Crippen LogP contribution in [0, 0.1) is 0 Å². The maximum absolute atomic E-state index is 13.1. The number of likely N-dealkylation sites (tertiary alicyclic amines) is 1. The summed E-state index contributed by atoms with van der Waals surface area (Å²) >= 11 is 0.709. The van der Waals surface area contributed by atoms with Gasteiger partial charge in [-0.3, -0.25) is 53.0 Å². The number of Topliss-reactive ketones (excluding diaryl/α,β-unsaturated/α-hetero) is 1. The summed E-state index contributed by atoms with van der Waals surface area (Å²) in [6.07, 6.45) is -0.997. The van der Waals surface area contributed by atoms with Gasteiger partial charge in [-0.25, -0.2) is 19.6 Å². The molecule has 5 atom stereocenters. The minimum atomic E-state index is -1.89. The van der Waals surface area contributed by atoms with E-state index in [1.807, 2.05) is 0 Å². The molecular weight excluding hydrogens is 857 g/mol. The summed E-state index contributed by atoms with van der Waals surface area (Å²) < 4.78 is 0. The minimum absolute atomic E-state index is 0.0145. The monoisotopic (exact) mass is 898 g/mol. The van der Waals surface area contributed by atoms with Crippen molar-refractivity contribution >= 4 is 93.7 Å². The van der Waals surface area contributed by atoms with E-state index in [0.717, 1.165) is 4.90 Å². The average Bonchev–Trinajstić information content (AvgIpc) is 3.48. The number of fused-ring (bicyclic) bond motifs is 1. The summed E-state index contributed by atoms with van der Waals surface area (Å²) in [7, 11) is 0. The van der Waals surface area contributed by atoms with Gasteiger partial charge in [-0.15, -0.1) is 11.8 Å². The highest BCUT2D eigenvalue weighted by Crippen LogP contribution is 2.26. The summed E-state index contributed by atoms with van der Waals surface area (Å²) in [5, 5.41) is 39.5. The summed E-state index contributed by atoms with van der Waals surface area (Å²) in [6.45, 7) is 0.254. The molecule has 336 valence electrons. The molecule has 6 amide bonds. The van der Waals surface area contributed by atoms with Crippen LogP contribution in [0.4, 0.5) is 11.6 Å². The van der Waals surface area contributed by atoms with Crippen molar-refractivity contribution in [2.24, 2.45) is 5.73 Å². The second-order valence-electron chi connectivity index (χ2n) is 13.8. The van der Waals surface area contributed by atoms with Crippen LogP contribution in [0.25, 0.3) is 11.2 Å². The number of anilines is 2. The van der Waals surface area contributed by atoms with E-state index in [1.54, 1.807) is 0 Å². The molecule has 0 aliphatic carbocycles. The number of rotatable bonds is 23. The van der Waals surface area contributed by atoms with Crippen LogP contribution in [-0.2, 0) is 49.7 Å². The molecule has 1 aromatic carbocycles. The Morgan fingerprint density at radius 2 is 1.54 bits per heavy atom. The van der Waals surface area contributed by atoms with Gasteiger partial charge in [0.2, 0.25) is 35.5 Å². The normalized spacial score (nSPS) is 15.4. The molecule has 63 heavy (non-hydrogen) atoms. The summed E-state index contributed by atoms with van der Waals surface area (Å²) in [6, 6.07) is -0.978. The van der Waals surface area contributed by atoms with Crippen molar-refractivity contribution in [2.75, 3.05) is 29.9 Å². The van der Waals surface area contributed by atoms with Crippen LogP contribution in [0.2, 0.25) is 0 Å². The van der Waals surface area contributed by atoms with Crippen molar-refractivity contribution < 1.29 is 63.3 Å². The highest BCUT2D eigenvalue weighted by Gasteiger charge is 2.40. The second kappa shape index (κ2) is 21.8. The first-order chi connectivity index (χ1) is 29.8. The number of hydrogen-bond acceptors (Lipinski definition) is 18. The lowest BCUT2D eigenvalue weighted by atomic mass is 10.1. The van der Waals surface area contributed by atoms with E-state index in [1.165, 1.54) is 37.4 Å². The van der Waals surface area contributed by atoms with E-state index >= 15 is 0 Å². The number of nitrogens with two attached hydrogens (primary N) is 2. The lowest BCUT2D eigenvalue weighted by molar-refractivity contribution is -0.143. The first-order valence-electron chi connectivity index (χ1n) is 18.6. The number of hydrogen-bond donors (Lipinski definition) is 11. The zero-order chi connectivity index (χ0) is 46.5. The molecule has 0 bridgehead atoms. The molecule has 13 N–H and O–H groups in total. The second-order valence-corrected chi connectivity index (χ2v) is 15.0. The molecular formula is C36H42N12O14S. The Morgan fingerprint density at radius 3 is 2.16 bits per heavy atom. The minimum Gasteiger partial charge on any atom is -0.481 e. The maximum Gasteiger partial charge on any atom is 0.327 e. The molecule has 1 aliphatic heterocycles. The Kier molecular flexibility index (Phi) is 16.7. The molecule has 26 nitrogen and oxygen atoms in total. The van der Waals surface area contributed by atoms with Gasteiger partial charge in [0.1, 0.15) is 30.0 Å². The molecule has 1 fully saturated rings. The van der Waals surface area contributed by atoms with Crippen molar-refractivity contribution in [1.29, 1.82) is 0 Å². The third kappa shape index (κ3) is 13.7. The van der Waals surface area contributed by atoms with E-state index in [9.17, 15) is 68.1 Å². The largest absolute Gasteiger partial charge is 0.481 e. The highest BCUT2D eigenvalue weighted by molar-refractivity contribution is 8.00. The molecule has 3 heterocycles. The van der Waals surface area contributed by atoms with Crippen molar-refractivity contribution in [1.82, 2.24) is 46.1 Å². The Labute approximate surface area is 358 Å². The molecule has 0 spiro atoms. The van der Waals surface area contributed by atoms with E-state index < -0.39 is 132 Å². The number of H-pyrrole nitrogens is 1. The number of carbonyl (C=O) groups is 10. The molecule has 1 aliphatic rings. The zero-order valence-corrected chi connectivity index (χ0v) is 33.9. The number of aromatic amines is 1. The number of nitrogens with zero attached hydrogens (tertiary/aromatic N) is 4. The van der Waals surface area contributed by atoms with E-state index in [4.69, 9.17) is 11.5 Å². The third-order valence-corrected chi connectivity index (χ3v) is 10.2. The third-order valence-electron chi connectivity index (χ3n) is 8.93. The molecule has 27 heteroatoms. The molecule has 1 unspecified atom stereocenters. The molecule has 1 saturated heterocycles. The first-order valence-corrected chi connectivity index (χ1v) is 19.7. The van der Waals surface area contributed by atoms with Gasteiger partial charge in [-0.1, -0.05) is 0 Å². The number of benzene rings is 1. The van der Waals surface area contributed by atoms with Crippen LogP contribution in [0.5, 0.6) is 0 Å². The quantitative estimate of drug-likeness (QED) is 0.0408.